The third-order valence-electron chi connectivity index (χ3n) is 2.25. The van der Waals surface area contributed by atoms with Gasteiger partial charge in [-0.2, -0.15) is 0 Å². The van der Waals surface area contributed by atoms with Crippen molar-refractivity contribution in [3.05, 3.63) is 45.7 Å². The highest BCUT2D eigenvalue weighted by atomic mass is 79.9. The largest absolute Gasteiger partial charge is 0.364 e. The SMILES string of the molecule is NC(=O)c1cn(Cc2c(F)ccc(Br)c2F)nn1. The van der Waals surface area contributed by atoms with E-state index in [0.717, 1.165) is 10.7 Å². The Balaban J connectivity index is 2.33. The zero-order chi connectivity index (χ0) is 13.3. The summed E-state index contributed by atoms with van der Waals surface area (Å²) in [4.78, 5) is 10.8. The van der Waals surface area contributed by atoms with Crippen LogP contribution in [-0.2, 0) is 6.54 Å². The van der Waals surface area contributed by atoms with E-state index in [2.05, 4.69) is 26.2 Å². The third-order valence-corrected chi connectivity index (χ3v) is 2.86. The second kappa shape index (κ2) is 4.81. The molecule has 0 bridgehead atoms. The van der Waals surface area contributed by atoms with Crippen molar-refractivity contribution in [2.24, 2.45) is 5.73 Å². The minimum absolute atomic E-state index is 0.0641. The number of nitrogens with two attached hydrogens (primary N) is 1. The number of hydrogen-bond donors (Lipinski definition) is 1. The lowest BCUT2D eigenvalue weighted by Crippen LogP contribution is -2.11. The maximum atomic E-state index is 13.7. The molecule has 1 aromatic heterocycles. The summed E-state index contributed by atoms with van der Waals surface area (Å²) < 4.78 is 28.4. The molecule has 5 nitrogen and oxygen atoms in total. The zero-order valence-electron chi connectivity index (χ0n) is 8.90. The average molecular weight is 317 g/mol. The zero-order valence-corrected chi connectivity index (χ0v) is 10.5. The number of rotatable bonds is 3. The van der Waals surface area contributed by atoms with Crippen LogP contribution in [0.4, 0.5) is 8.78 Å². The number of nitrogens with zero attached hydrogens (tertiary/aromatic N) is 3. The molecule has 0 spiro atoms. The van der Waals surface area contributed by atoms with Crippen molar-refractivity contribution in [1.29, 1.82) is 0 Å². The van der Waals surface area contributed by atoms with Crippen molar-refractivity contribution < 1.29 is 13.6 Å². The predicted octanol–water partition coefficient (Wildman–Crippen LogP) is 1.47. The second-order valence-electron chi connectivity index (χ2n) is 3.49. The molecule has 0 aliphatic heterocycles. The molecule has 0 aliphatic carbocycles. The minimum atomic E-state index is -0.753. The summed E-state index contributed by atoms with van der Waals surface area (Å²) in [7, 11) is 0. The lowest BCUT2D eigenvalue weighted by Gasteiger charge is -2.05. The Kier molecular flexibility index (Phi) is 3.37. The normalized spacial score (nSPS) is 10.6. The number of amides is 1. The van der Waals surface area contributed by atoms with Crippen LogP contribution in [-0.4, -0.2) is 20.9 Å². The minimum Gasteiger partial charge on any atom is -0.364 e. The van der Waals surface area contributed by atoms with E-state index in [4.69, 9.17) is 5.73 Å². The van der Waals surface area contributed by atoms with Crippen LogP contribution in [0.2, 0.25) is 0 Å². The maximum absolute atomic E-state index is 13.7. The number of hydrogen-bond acceptors (Lipinski definition) is 3. The number of carbonyl (C=O) groups excluding carboxylic acids is 1. The Morgan fingerprint density at radius 2 is 2.17 bits per heavy atom. The van der Waals surface area contributed by atoms with Gasteiger partial charge in [0.1, 0.15) is 11.6 Å². The molecule has 1 aromatic carbocycles. The Morgan fingerprint density at radius 3 is 2.78 bits per heavy atom. The fourth-order valence-electron chi connectivity index (χ4n) is 1.36. The second-order valence-corrected chi connectivity index (χ2v) is 4.34. The molecule has 0 unspecified atom stereocenters. The lowest BCUT2D eigenvalue weighted by atomic mass is 10.2. The van der Waals surface area contributed by atoms with Gasteiger partial charge in [0.2, 0.25) is 0 Å². The smallest absolute Gasteiger partial charge is 0.270 e. The molecule has 0 atom stereocenters. The van der Waals surface area contributed by atoms with Gasteiger partial charge in [-0.05, 0) is 28.1 Å². The molecular weight excluding hydrogens is 310 g/mol. The van der Waals surface area contributed by atoms with Gasteiger partial charge in [0, 0.05) is 5.56 Å². The van der Waals surface area contributed by atoms with E-state index >= 15 is 0 Å². The molecule has 0 aliphatic rings. The van der Waals surface area contributed by atoms with Gasteiger partial charge < -0.3 is 5.73 Å². The van der Waals surface area contributed by atoms with Gasteiger partial charge >= 0.3 is 0 Å². The van der Waals surface area contributed by atoms with Gasteiger partial charge in [0.25, 0.3) is 5.91 Å². The van der Waals surface area contributed by atoms with E-state index in [1.165, 1.54) is 12.3 Å². The summed E-state index contributed by atoms with van der Waals surface area (Å²) in [5.41, 5.74) is 4.75. The van der Waals surface area contributed by atoms with Crippen molar-refractivity contribution in [2.45, 2.75) is 6.54 Å². The Morgan fingerprint density at radius 1 is 1.44 bits per heavy atom. The van der Waals surface area contributed by atoms with Crippen LogP contribution in [0.1, 0.15) is 16.1 Å². The molecule has 0 saturated carbocycles. The number of halogens is 3. The molecule has 2 N–H and O–H groups in total. The van der Waals surface area contributed by atoms with Gasteiger partial charge in [-0.3, -0.25) is 4.79 Å². The fraction of sp³-hybridized carbons (Fsp3) is 0.100. The maximum Gasteiger partial charge on any atom is 0.270 e. The van der Waals surface area contributed by atoms with Gasteiger partial charge in [0.05, 0.1) is 17.2 Å². The molecule has 1 heterocycles. The first-order valence-electron chi connectivity index (χ1n) is 4.81. The van der Waals surface area contributed by atoms with E-state index in [1.807, 2.05) is 0 Å². The van der Waals surface area contributed by atoms with Gasteiger partial charge in [0.15, 0.2) is 5.69 Å². The third kappa shape index (κ3) is 2.37. The van der Waals surface area contributed by atoms with Crippen LogP contribution >= 0.6 is 15.9 Å². The summed E-state index contributed by atoms with van der Waals surface area (Å²) in [6.45, 7) is -0.183. The van der Waals surface area contributed by atoms with Crippen molar-refractivity contribution in [3.63, 3.8) is 0 Å². The first kappa shape index (κ1) is 12.6. The van der Waals surface area contributed by atoms with E-state index in [1.54, 1.807) is 0 Å². The van der Waals surface area contributed by atoms with Crippen LogP contribution in [0.5, 0.6) is 0 Å². The summed E-state index contributed by atoms with van der Waals surface area (Å²) in [5.74, 6) is -2.17. The number of benzene rings is 1. The molecule has 2 rings (SSSR count). The van der Waals surface area contributed by atoms with E-state index in [9.17, 15) is 13.6 Å². The molecule has 2 aromatic rings. The van der Waals surface area contributed by atoms with Crippen LogP contribution < -0.4 is 5.73 Å². The fourth-order valence-corrected chi connectivity index (χ4v) is 1.74. The standard InChI is InChI=1S/C10H7BrF2N4O/c11-6-1-2-7(12)5(9(6)13)3-17-4-8(10(14)18)15-16-17/h1-2,4H,3H2,(H2,14,18). The quantitative estimate of drug-likeness (QED) is 0.871. The molecule has 0 fully saturated rings. The van der Waals surface area contributed by atoms with Gasteiger partial charge in [-0.1, -0.05) is 5.21 Å². The average Bonchev–Trinajstić information content (AvgIpc) is 2.78. The van der Waals surface area contributed by atoms with Crippen molar-refractivity contribution in [3.8, 4) is 0 Å². The van der Waals surface area contributed by atoms with Gasteiger partial charge in [-0.15, -0.1) is 5.10 Å². The highest BCUT2D eigenvalue weighted by Gasteiger charge is 2.14. The summed E-state index contributed by atoms with van der Waals surface area (Å²) in [5, 5.41) is 7.04. The molecular formula is C10H7BrF2N4O. The molecule has 0 saturated heterocycles. The molecule has 8 heteroatoms. The van der Waals surface area contributed by atoms with Crippen LogP contribution in [0, 0.1) is 11.6 Å². The van der Waals surface area contributed by atoms with E-state index < -0.39 is 17.5 Å². The van der Waals surface area contributed by atoms with E-state index in [-0.39, 0.29) is 22.3 Å². The first-order chi connectivity index (χ1) is 8.49. The predicted molar refractivity (Wildman–Crippen MR) is 61.7 cm³/mol. The number of aromatic nitrogens is 3. The van der Waals surface area contributed by atoms with E-state index in [0.29, 0.717) is 0 Å². The summed E-state index contributed by atoms with van der Waals surface area (Å²) in [6, 6.07) is 2.40. The van der Waals surface area contributed by atoms with Crippen molar-refractivity contribution in [1.82, 2.24) is 15.0 Å². The van der Waals surface area contributed by atoms with Crippen LogP contribution in [0.15, 0.2) is 22.8 Å². The van der Waals surface area contributed by atoms with Crippen LogP contribution in [0.25, 0.3) is 0 Å². The summed E-state index contributed by atoms with van der Waals surface area (Å²) in [6.07, 6.45) is 1.22. The van der Waals surface area contributed by atoms with Crippen LogP contribution in [0.3, 0.4) is 0 Å². The Hall–Kier alpha value is -1.83. The molecule has 0 radical (unpaired) electrons. The molecule has 18 heavy (non-hydrogen) atoms. The van der Waals surface area contributed by atoms with Gasteiger partial charge in [-0.25, -0.2) is 13.5 Å². The lowest BCUT2D eigenvalue weighted by molar-refractivity contribution is 0.0995. The number of primary amides is 1. The summed E-state index contributed by atoms with van der Waals surface area (Å²) >= 11 is 2.96. The highest BCUT2D eigenvalue weighted by Crippen LogP contribution is 2.22. The van der Waals surface area contributed by atoms with Crippen molar-refractivity contribution in [2.75, 3.05) is 0 Å². The molecule has 94 valence electrons. The number of carbonyl (C=O) groups is 1. The molecule has 1 amide bonds. The monoisotopic (exact) mass is 316 g/mol. The Labute approximate surface area is 109 Å². The first-order valence-corrected chi connectivity index (χ1v) is 5.60. The Bertz CT molecular complexity index is 614. The topological polar surface area (TPSA) is 73.8 Å². The van der Waals surface area contributed by atoms with Crippen molar-refractivity contribution >= 4 is 21.8 Å². The highest BCUT2D eigenvalue weighted by molar-refractivity contribution is 9.10.